The van der Waals surface area contributed by atoms with Gasteiger partial charge in [-0.3, -0.25) is 4.79 Å². The Morgan fingerprint density at radius 1 is 1.04 bits per heavy atom. The van der Waals surface area contributed by atoms with Crippen LogP contribution in [-0.4, -0.2) is 11.8 Å². The Balaban J connectivity index is 1.75. The molecule has 0 aromatic heterocycles. The van der Waals surface area contributed by atoms with Gasteiger partial charge in [0.15, 0.2) is 0 Å². The average molecular weight is 354 g/mol. The molecule has 2 aromatic carbocycles. The Hall–Kier alpha value is -2.52. The largest absolute Gasteiger partial charge is 0.458 e. The average Bonchev–Trinajstić information content (AvgIpc) is 2.68. The van der Waals surface area contributed by atoms with Crippen LogP contribution < -0.4 is 9.64 Å². The van der Waals surface area contributed by atoms with E-state index >= 15 is 0 Å². The molecule has 0 heterocycles. The lowest BCUT2D eigenvalue weighted by molar-refractivity contribution is -0.116. The van der Waals surface area contributed by atoms with Gasteiger partial charge in [-0.2, -0.15) is 0 Å². The van der Waals surface area contributed by atoms with Gasteiger partial charge in [0, 0.05) is 5.69 Å². The number of carbonyl (C=O) groups excluding carboxylic acids is 1. The molecule has 1 amide bonds. The standard InChI is InChI=1S/C21H20ClNO2/c22-15-21(24)23(16-17-7-3-1-4-8-17)18-11-13-20(14-12-18)25-19-9-5-2-6-10-19/h1,3-5,7-14H,2,6,15-16H2. The molecule has 0 saturated carbocycles. The zero-order chi connectivity index (χ0) is 17.5. The van der Waals surface area contributed by atoms with Crippen LogP contribution in [0.1, 0.15) is 18.4 Å². The number of halogens is 1. The van der Waals surface area contributed by atoms with Gasteiger partial charge >= 0.3 is 0 Å². The summed E-state index contributed by atoms with van der Waals surface area (Å²) >= 11 is 5.79. The third-order valence-electron chi connectivity index (χ3n) is 3.94. The fourth-order valence-electron chi connectivity index (χ4n) is 2.66. The molecule has 25 heavy (non-hydrogen) atoms. The molecule has 0 saturated heterocycles. The Morgan fingerprint density at radius 3 is 2.44 bits per heavy atom. The minimum absolute atomic E-state index is 0.0528. The number of nitrogens with zero attached hydrogens (tertiary/aromatic N) is 1. The Bertz CT molecular complexity index is 766. The molecule has 2 aromatic rings. The number of anilines is 1. The topological polar surface area (TPSA) is 29.5 Å². The van der Waals surface area contributed by atoms with Gasteiger partial charge in [0.2, 0.25) is 5.91 Å². The molecule has 0 radical (unpaired) electrons. The van der Waals surface area contributed by atoms with Crippen molar-refractivity contribution in [2.75, 3.05) is 10.8 Å². The fourth-order valence-corrected chi connectivity index (χ4v) is 2.80. The van der Waals surface area contributed by atoms with Crippen molar-refractivity contribution in [3.8, 4) is 5.75 Å². The number of hydrogen-bond acceptors (Lipinski definition) is 2. The summed E-state index contributed by atoms with van der Waals surface area (Å²) < 4.78 is 5.84. The maximum absolute atomic E-state index is 12.3. The first-order valence-corrected chi connectivity index (χ1v) is 8.84. The van der Waals surface area contributed by atoms with Crippen LogP contribution in [0, 0.1) is 0 Å². The number of rotatable bonds is 6. The quantitative estimate of drug-likeness (QED) is 0.678. The number of carbonyl (C=O) groups is 1. The second-order valence-corrected chi connectivity index (χ2v) is 6.05. The molecule has 128 valence electrons. The van der Waals surface area contributed by atoms with Crippen molar-refractivity contribution in [1.82, 2.24) is 0 Å². The molecule has 3 nitrogen and oxygen atoms in total. The second-order valence-electron chi connectivity index (χ2n) is 5.78. The highest BCUT2D eigenvalue weighted by atomic mass is 35.5. The van der Waals surface area contributed by atoms with E-state index in [-0.39, 0.29) is 11.8 Å². The molecule has 0 fully saturated rings. The van der Waals surface area contributed by atoms with E-state index in [2.05, 4.69) is 12.2 Å². The second kappa shape index (κ2) is 8.54. The predicted molar refractivity (Wildman–Crippen MR) is 102 cm³/mol. The molecule has 0 atom stereocenters. The van der Waals surface area contributed by atoms with Crippen LogP contribution in [0.25, 0.3) is 0 Å². The van der Waals surface area contributed by atoms with Crippen molar-refractivity contribution < 1.29 is 9.53 Å². The lowest BCUT2D eigenvalue weighted by Crippen LogP contribution is -2.31. The van der Waals surface area contributed by atoms with E-state index in [9.17, 15) is 4.79 Å². The van der Waals surface area contributed by atoms with E-state index in [0.29, 0.717) is 6.54 Å². The maximum Gasteiger partial charge on any atom is 0.242 e. The van der Waals surface area contributed by atoms with Crippen molar-refractivity contribution >= 4 is 23.2 Å². The Labute approximate surface area is 153 Å². The molecule has 3 rings (SSSR count). The highest BCUT2D eigenvalue weighted by Crippen LogP contribution is 2.24. The van der Waals surface area contributed by atoms with E-state index in [0.717, 1.165) is 35.6 Å². The van der Waals surface area contributed by atoms with Gasteiger partial charge in [-0.1, -0.05) is 36.4 Å². The SMILES string of the molecule is O=C(CCl)N(Cc1ccccc1)c1ccc(OC2=CCCC=C2)cc1. The minimum atomic E-state index is -0.128. The molecule has 1 aliphatic rings. The lowest BCUT2D eigenvalue weighted by atomic mass is 10.2. The van der Waals surface area contributed by atoms with Gasteiger partial charge in [-0.05, 0) is 54.8 Å². The number of hydrogen-bond donors (Lipinski definition) is 0. The smallest absolute Gasteiger partial charge is 0.242 e. The first-order valence-electron chi connectivity index (χ1n) is 8.31. The first kappa shape index (κ1) is 17.3. The molecule has 0 unspecified atom stereocenters. The van der Waals surface area contributed by atoms with Crippen molar-refractivity contribution in [1.29, 1.82) is 0 Å². The summed E-state index contributed by atoms with van der Waals surface area (Å²) in [6.07, 6.45) is 8.22. The van der Waals surface area contributed by atoms with Crippen LogP contribution in [0.2, 0.25) is 0 Å². The summed E-state index contributed by atoms with van der Waals surface area (Å²) in [4.78, 5) is 13.9. The molecule has 0 bridgehead atoms. The molecule has 0 aliphatic heterocycles. The predicted octanol–water partition coefficient (Wildman–Crippen LogP) is 5.07. The van der Waals surface area contributed by atoms with Crippen molar-refractivity contribution in [3.63, 3.8) is 0 Å². The number of benzene rings is 2. The van der Waals surface area contributed by atoms with E-state index in [1.165, 1.54) is 0 Å². The summed E-state index contributed by atoms with van der Waals surface area (Å²) in [7, 11) is 0. The van der Waals surface area contributed by atoms with Gasteiger partial charge < -0.3 is 9.64 Å². The van der Waals surface area contributed by atoms with Crippen molar-refractivity contribution in [2.24, 2.45) is 0 Å². The molecule has 1 aliphatic carbocycles. The zero-order valence-corrected chi connectivity index (χ0v) is 14.7. The van der Waals surface area contributed by atoms with Crippen LogP contribution >= 0.6 is 11.6 Å². The summed E-state index contributed by atoms with van der Waals surface area (Å²) in [5.74, 6) is 1.43. The summed E-state index contributed by atoms with van der Waals surface area (Å²) in [5.41, 5.74) is 1.86. The van der Waals surface area contributed by atoms with E-state index < -0.39 is 0 Å². The molecule has 0 N–H and O–H groups in total. The van der Waals surface area contributed by atoms with Crippen molar-refractivity contribution in [2.45, 2.75) is 19.4 Å². The molecule has 0 spiro atoms. The van der Waals surface area contributed by atoms with Crippen LogP contribution in [0.4, 0.5) is 5.69 Å². The Morgan fingerprint density at radius 2 is 1.80 bits per heavy atom. The zero-order valence-electron chi connectivity index (χ0n) is 13.9. The monoisotopic (exact) mass is 353 g/mol. The molecular weight excluding hydrogens is 334 g/mol. The third kappa shape index (κ3) is 4.74. The van der Waals surface area contributed by atoms with E-state index in [1.54, 1.807) is 4.90 Å². The van der Waals surface area contributed by atoms with Gasteiger partial charge in [0.05, 0.1) is 6.54 Å². The van der Waals surface area contributed by atoms with Crippen molar-refractivity contribution in [3.05, 3.63) is 84.1 Å². The minimum Gasteiger partial charge on any atom is -0.458 e. The lowest BCUT2D eigenvalue weighted by Gasteiger charge is -2.22. The van der Waals surface area contributed by atoms with Gasteiger partial charge in [-0.15, -0.1) is 11.6 Å². The van der Waals surface area contributed by atoms with Gasteiger partial charge in [-0.25, -0.2) is 0 Å². The number of alkyl halides is 1. The van der Waals surface area contributed by atoms with E-state index in [4.69, 9.17) is 16.3 Å². The number of ether oxygens (including phenoxy) is 1. The first-order chi connectivity index (χ1) is 12.3. The maximum atomic E-state index is 12.3. The van der Waals surface area contributed by atoms with Crippen LogP contribution in [0.5, 0.6) is 5.75 Å². The Kier molecular flexibility index (Phi) is 5.91. The normalized spacial score (nSPS) is 13.2. The van der Waals surface area contributed by atoms with E-state index in [1.807, 2.05) is 60.7 Å². The number of amides is 1. The summed E-state index contributed by atoms with van der Waals surface area (Å²) in [5, 5.41) is 0. The van der Waals surface area contributed by atoms with Gasteiger partial charge in [0.1, 0.15) is 17.4 Å². The highest BCUT2D eigenvalue weighted by molar-refractivity contribution is 6.29. The molecule has 4 heteroatoms. The fraction of sp³-hybridized carbons (Fsp3) is 0.190. The number of allylic oxidation sites excluding steroid dienone is 3. The molecular formula is C21H20ClNO2. The highest BCUT2D eigenvalue weighted by Gasteiger charge is 2.15. The van der Waals surface area contributed by atoms with Gasteiger partial charge in [0.25, 0.3) is 0 Å². The van der Waals surface area contributed by atoms with Crippen LogP contribution in [0.15, 0.2) is 78.6 Å². The van der Waals surface area contributed by atoms with Crippen LogP contribution in [0.3, 0.4) is 0 Å². The summed E-state index contributed by atoms with van der Waals surface area (Å²) in [6, 6.07) is 17.4. The van der Waals surface area contributed by atoms with Crippen LogP contribution in [-0.2, 0) is 11.3 Å². The summed E-state index contributed by atoms with van der Waals surface area (Å²) in [6.45, 7) is 0.487. The third-order valence-corrected chi connectivity index (χ3v) is 4.17.